The van der Waals surface area contributed by atoms with Gasteiger partial charge in [0.15, 0.2) is 0 Å². The number of carbonyl (C=O) groups excluding carboxylic acids is 1. The van der Waals surface area contributed by atoms with E-state index in [0.717, 1.165) is 12.1 Å². The van der Waals surface area contributed by atoms with E-state index in [0.29, 0.717) is 6.07 Å². The van der Waals surface area contributed by atoms with Crippen LogP contribution in [0, 0.1) is 0 Å². The van der Waals surface area contributed by atoms with Crippen LogP contribution in [0.4, 0.5) is 22.0 Å². The molecule has 0 aromatic heterocycles. The van der Waals surface area contributed by atoms with Crippen LogP contribution < -0.4 is 0 Å². The first-order valence-electron chi connectivity index (χ1n) is 3.93. The fraction of sp³-hybridized carbons (Fsp3) is 0.222. The quantitative estimate of drug-likeness (QED) is 0.582. The molecule has 0 aliphatic heterocycles. The Labute approximate surface area is 91.8 Å². The second kappa shape index (κ2) is 4.37. The molecular weight excluding hydrogens is 255 g/mol. The summed E-state index contributed by atoms with van der Waals surface area (Å²) < 4.78 is 61.5. The van der Waals surface area contributed by atoms with Crippen LogP contribution in [-0.2, 0) is 6.18 Å². The van der Waals surface area contributed by atoms with E-state index in [1.165, 1.54) is 0 Å². The van der Waals surface area contributed by atoms with Gasteiger partial charge in [0.2, 0.25) is 5.78 Å². The average molecular weight is 259 g/mol. The number of hydrogen-bond acceptors (Lipinski definition) is 1. The van der Waals surface area contributed by atoms with Crippen molar-refractivity contribution in [2.45, 2.75) is 12.6 Å². The molecule has 0 unspecified atom stereocenters. The van der Waals surface area contributed by atoms with Crippen LogP contribution in [0.5, 0.6) is 0 Å². The Hall–Kier alpha value is -1.17. The van der Waals surface area contributed by atoms with E-state index in [1.807, 2.05) is 0 Å². The molecule has 88 valence electrons. The van der Waals surface area contributed by atoms with Gasteiger partial charge in [-0.15, -0.1) is 0 Å². The largest absolute Gasteiger partial charge is 0.418 e. The highest BCUT2D eigenvalue weighted by Gasteiger charge is 2.38. The first kappa shape index (κ1) is 12.9. The molecule has 0 bridgehead atoms. The molecule has 1 nitrogen and oxygen atoms in total. The van der Waals surface area contributed by atoms with Crippen molar-refractivity contribution in [3.05, 3.63) is 34.3 Å². The van der Waals surface area contributed by atoms with Gasteiger partial charge in [-0.2, -0.15) is 13.2 Å². The van der Waals surface area contributed by atoms with E-state index in [1.54, 1.807) is 0 Å². The van der Waals surface area contributed by atoms with E-state index in [2.05, 4.69) is 0 Å². The lowest BCUT2D eigenvalue weighted by Crippen LogP contribution is -2.18. The summed E-state index contributed by atoms with van der Waals surface area (Å²) in [7, 11) is 0. The van der Waals surface area contributed by atoms with E-state index in [9.17, 15) is 26.7 Å². The summed E-state index contributed by atoms with van der Waals surface area (Å²) in [5.41, 5.74) is -2.64. The van der Waals surface area contributed by atoms with Gasteiger partial charge in [-0.3, -0.25) is 4.79 Å². The molecule has 0 spiro atoms. The summed E-state index contributed by atoms with van der Waals surface area (Å²) in [6.07, 6.45) is -8.45. The summed E-state index contributed by atoms with van der Waals surface area (Å²) in [6, 6.07) is 2.56. The van der Waals surface area contributed by atoms with Crippen molar-refractivity contribution in [1.29, 1.82) is 0 Å². The molecule has 7 heteroatoms. The molecule has 1 rings (SSSR count). The molecule has 0 aliphatic carbocycles. The maximum Gasteiger partial charge on any atom is 0.418 e. The molecule has 1 aromatic carbocycles. The van der Waals surface area contributed by atoms with Crippen LogP contribution in [0.3, 0.4) is 0 Å². The summed E-state index contributed by atoms with van der Waals surface area (Å²) in [4.78, 5) is 10.9. The zero-order valence-electron chi connectivity index (χ0n) is 7.49. The lowest BCUT2D eigenvalue weighted by atomic mass is 10.0. The second-order valence-corrected chi connectivity index (χ2v) is 3.23. The molecule has 0 atom stereocenters. The maximum absolute atomic E-state index is 12.5. The van der Waals surface area contributed by atoms with Crippen LogP contribution in [-0.4, -0.2) is 12.2 Å². The molecule has 0 amide bonds. The van der Waals surface area contributed by atoms with Crippen LogP contribution in [0.2, 0.25) is 5.02 Å². The summed E-state index contributed by atoms with van der Waals surface area (Å²) in [5, 5.41) is -0.779. The smallest absolute Gasteiger partial charge is 0.288 e. The highest BCUT2D eigenvalue weighted by molar-refractivity contribution is 6.32. The molecule has 0 fully saturated rings. The van der Waals surface area contributed by atoms with Crippen LogP contribution >= 0.6 is 11.6 Å². The van der Waals surface area contributed by atoms with E-state index >= 15 is 0 Å². The number of rotatable bonds is 2. The van der Waals surface area contributed by atoms with Crippen molar-refractivity contribution >= 4 is 17.4 Å². The maximum atomic E-state index is 12.5. The second-order valence-electron chi connectivity index (χ2n) is 2.83. The summed E-state index contributed by atoms with van der Waals surface area (Å²) >= 11 is 5.25. The first-order valence-corrected chi connectivity index (χ1v) is 4.31. The van der Waals surface area contributed by atoms with Gasteiger partial charge in [0.25, 0.3) is 0 Å². The molecule has 0 aliphatic rings. The lowest BCUT2D eigenvalue weighted by Gasteiger charge is -2.13. The van der Waals surface area contributed by atoms with Crippen molar-refractivity contribution < 1.29 is 26.7 Å². The van der Waals surface area contributed by atoms with Crippen LogP contribution in [0.15, 0.2) is 18.2 Å². The fourth-order valence-corrected chi connectivity index (χ4v) is 1.42. The van der Waals surface area contributed by atoms with E-state index in [-0.39, 0.29) is 0 Å². The van der Waals surface area contributed by atoms with E-state index in [4.69, 9.17) is 11.6 Å². The number of halogens is 6. The minimum absolute atomic E-state index is 0.670. The number of benzene rings is 1. The zero-order chi connectivity index (χ0) is 12.5. The molecule has 0 saturated heterocycles. The lowest BCUT2D eigenvalue weighted by molar-refractivity contribution is -0.137. The van der Waals surface area contributed by atoms with Crippen LogP contribution in [0.1, 0.15) is 15.9 Å². The van der Waals surface area contributed by atoms with Gasteiger partial charge in [0, 0.05) is 5.56 Å². The molecular formula is C9H4ClF5O. The normalized spacial score (nSPS) is 11.9. The fourth-order valence-electron chi connectivity index (χ4n) is 1.14. The van der Waals surface area contributed by atoms with Crippen molar-refractivity contribution in [1.82, 2.24) is 0 Å². The number of alkyl halides is 5. The number of hydrogen-bond donors (Lipinski definition) is 0. The highest BCUT2D eigenvalue weighted by Crippen LogP contribution is 2.37. The predicted octanol–water partition coefficient (Wildman–Crippen LogP) is 3.81. The molecule has 0 N–H and O–H groups in total. The SMILES string of the molecule is O=C(c1cccc(Cl)c1C(F)(F)F)C(F)F. The third kappa shape index (κ3) is 2.49. The first-order chi connectivity index (χ1) is 7.25. The monoisotopic (exact) mass is 258 g/mol. The number of Topliss-reactive ketones (excluding diaryl/α,β-unsaturated/α-hetero) is 1. The molecule has 1 aromatic rings. The minimum Gasteiger partial charge on any atom is -0.288 e. The zero-order valence-corrected chi connectivity index (χ0v) is 8.24. The molecule has 0 heterocycles. The van der Waals surface area contributed by atoms with Gasteiger partial charge in [0.05, 0.1) is 10.6 Å². The standard InChI is InChI=1S/C9H4ClF5O/c10-5-3-1-2-4(7(16)8(11)12)6(5)9(13,14)15/h1-3,8H. The predicted molar refractivity (Wildman–Crippen MR) is 46.8 cm³/mol. The van der Waals surface area contributed by atoms with Gasteiger partial charge in [-0.25, -0.2) is 8.78 Å². The highest BCUT2D eigenvalue weighted by atomic mass is 35.5. The number of carbonyl (C=O) groups is 1. The Balaban J connectivity index is 3.41. The summed E-state index contributed by atoms with van der Waals surface area (Å²) in [5.74, 6) is -1.89. The Kier molecular flexibility index (Phi) is 3.52. The average Bonchev–Trinajstić information content (AvgIpc) is 2.14. The third-order valence-corrected chi connectivity index (χ3v) is 2.08. The van der Waals surface area contributed by atoms with Crippen molar-refractivity contribution in [3.8, 4) is 0 Å². The Bertz CT molecular complexity index is 413. The van der Waals surface area contributed by atoms with Gasteiger partial charge < -0.3 is 0 Å². The van der Waals surface area contributed by atoms with Gasteiger partial charge in [-0.05, 0) is 6.07 Å². The Morgan fingerprint density at radius 3 is 2.25 bits per heavy atom. The summed E-state index contributed by atoms with van der Waals surface area (Å²) in [6.45, 7) is 0. The molecule has 0 radical (unpaired) electrons. The van der Waals surface area contributed by atoms with Gasteiger partial charge in [0.1, 0.15) is 0 Å². The van der Waals surface area contributed by atoms with Crippen molar-refractivity contribution in [2.75, 3.05) is 0 Å². The molecule has 16 heavy (non-hydrogen) atoms. The Morgan fingerprint density at radius 1 is 1.25 bits per heavy atom. The van der Waals surface area contributed by atoms with Gasteiger partial charge >= 0.3 is 12.6 Å². The van der Waals surface area contributed by atoms with E-state index < -0.39 is 34.5 Å². The number of ketones is 1. The Morgan fingerprint density at radius 2 is 1.81 bits per heavy atom. The minimum atomic E-state index is -4.95. The third-order valence-electron chi connectivity index (χ3n) is 1.76. The molecule has 0 saturated carbocycles. The van der Waals surface area contributed by atoms with Crippen molar-refractivity contribution in [2.24, 2.45) is 0 Å². The topological polar surface area (TPSA) is 17.1 Å². The van der Waals surface area contributed by atoms with Crippen LogP contribution in [0.25, 0.3) is 0 Å². The van der Waals surface area contributed by atoms with Gasteiger partial charge in [-0.1, -0.05) is 23.7 Å². The van der Waals surface area contributed by atoms with Crippen molar-refractivity contribution in [3.63, 3.8) is 0 Å².